The molecule has 1 saturated carbocycles. The molecule has 12 nitrogen and oxygen atoms in total. The number of aliphatic carboxylic acids is 1. The van der Waals surface area contributed by atoms with E-state index in [0.717, 1.165) is 6.07 Å². The largest absolute Gasteiger partial charge is 0.481 e. The van der Waals surface area contributed by atoms with Crippen molar-refractivity contribution in [1.82, 2.24) is 24.4 Å². The average Bonchev–Trinajstić information content (AvgIpc) is 3.69. The van der Waals surface area contributed by atoms with Gasteiger partial charge in [0.1, 0.15) is 16.8 Å². The number of hydrogen-bond acceptors (Lipinski definition) is 10. The number of aliphatic imine (C=N–C) groups is 1. The van der Waals surface area contributed by atoms with Gasteiger partial charge in [-0.1, -0.05) is 17.7 Å². The van der Waals surface area contributed by atoms with Crippen LogP contribution < -0.4 is 5.32 Å². The summed E-state index contributed by atoms with van der Waals surface area (Å²) >= 11 is 7.79. The molecule has 0 amide bonds. The lowest BCUT2D eigenvalue weighted by Gasteiger charge is -2.36. The lowest BCUT2D eigenvalue weighted by molar-refractivity contribution is -0.146. The maximum Gasteiger partial charge on any atom is 0.338 e. The van der Waals surface area contributed by atoms with Crippen molar-refractivity contribution in [2.45, 2.75) is 42.7 Å². The van der Waals surface area contributed by atoms with Crippen molar-refractivity contribution in [2.75, 3.05) is 20.2 Å². The summed E-state index contributed by atoms with van der Waals surface area (Å²) in [5, 5.41) is 19.1. The molecule has 16 heteroatoms. The van der Waals surface area contributed by atoms with Gasteiger partial charge >= 0.3 is 11.9 Å². The van der Waals surface area contributed by atoms with E-state index < -0.39 is 39.7 Å². The number of carbonyl (C=O) groups is 2. The van der Waals surface area contributed by atoms with E-state index in [0.29, 0.717) is 47.8 Å². The Labute approximate surface area is 261 Å². The summed E-state index contributed by atoms with van der Waals surface area (Å²) in [4.78, 5) is 33.6. The summed E-state index contributed by atoms with van der Waals surface area (Å²) in [6, 6.07) is 2.83. The number of methoxy groups -OCH3 is 1. The SMILES string of the molecule is COC(=O)C1=C(C2CCN(S(=O)(=O)c3cnn(C4CC(C(=O)O)C4)c3)CC2)NC(c2nccs2)=N[C@@H]1c1ccc(F)cc1Cl. The number of ether oxygens (including phenoxy) is 1. The van der Waals surface area contributed by atoms with E-state index in [1.807, 2.05) is 0 Å². The predicted molar refractivity (Wildman–Crippen MR) is 158 cm³/mol. The van der Waals surface area contributed by atoms with Crippen molar-refractivity contribution >= 4 is 50.7 Å². The van der Waals surface area contributed by atoms with Crippen molar-refractivity contribution in [3.8, 4) is 0 Å². The van der Waals surface area contributed by atoms with Gasteiger partial charge in [-0.3, -0.25) is 14.5 Å². The first-order chi connectivity index (χ1) is 21.1. The predicted octanol–water partition coefficient (Wildman–Crippen LogP) is 3.79. The summed E-state index contributed by atoms with van der Waals surface area (Å²) in [6.07, 6.45) is 5.96. The topological polar surface area (TPSA) is 156 Å². The summed E-state index contributed by atoms with van der Waals surface area (Å²) < 4.78 is 49.0. The highest BCUT2D eigenvalue weighted by Gasteiger charge is 2.40. The number of allylic oxidation sites excluding steroid dienone is 1. The number of esters is 1. The molecule has 0 bridgehead atoms. The molecule has 6 rings (SSSR count). The summed E-state index contributed by atoms with van der Waals surface area (Å²) in [5.74, 6) is -2.33. The second-order valence-corrected chi connectivity index (χ2v) is 14.1. The molecule has 4 heterocycles. The molecule has 0 unspecified atom stereocenters. The molecule has 1 aliphatic carbocycles. The monoisotopic (exact) mass is 662 g/mol. The van der Waals surface area contributed by atoms with Crippen LogP contribution in [-0.2, 0) is 24.3 Å². The number of hydrogen-bond donors (Lipinski definition) is 2. The fourth-order valence-corrected chi connectivity index (χ4v) is 8.08. The molecule has 2 aliphatic heterocycles. The van der Waals surface area contributed by atoms with Crippen LogP contribution in [-0.4, -0.2) is 70.6 Å². The molecule has 1 atom stereocenters. The van der Waals surface area contributed by atoms with Gasteiger partial charge in [0, 0.05) is 53.1 Å². The number of piperidine rings is 1. The van der Waals surface area contributed by atoms with Crippen LogP contribution in [0.1, 0.15) is 48.3 Å². The number of halogens is 2. The molecule has 2 aromatic heterocycles. The maximum absolute atomic E-state index is 13.9. The van der Waals surface area contributed by atoms with Crippen LogP contribution in [0.2, 0.25) is 5.02 Å². The van der Waals surface area contributed by atoms with E-state index in [-0.39, 0.29) is 40.5 Å². The highest BCUT2D eigenvalue weighted by atomic mass is 35.5. The number of sulfonamides is 1. The van der Waals surface area contributed by atoms with E-state index >= 15 is 0 Å². The number of thiazole rings is 1. The van der Waals surface area contributed by atoms with Crippen LogP contribution in [0, 0.1) is 17.7 Å². The normalized spacial score (nSPS) is 23.1. The maximum atomic E-state index is 13.9. The Balaban J connectivity index is 1.26. The number of aromatic nitrogens is 3. The Kier molecular flexibility index (Phi) is 8.30. The second-order valence-electron chi connectivity index (χ2n) is 10.8. The van der Waals surface area contributed by atoms with Gasteiger partial charge < -0.3 is 15.2 Å². The van der Waals surface area contributed by atoms with E-state index in [1.165, 1.54) is 52.0 Å². The summed E-state index contributed by atoms with van der Waals surface area (Å²) in [7, 11) is -2.61. The van der Waals surface area contributed by atoms with Crippen molar-refractivity contribution in [3.63, 3.8) is 0 Å². The third-order valence-electron chi connectivity index (χ3n) is 8.29. The van der Waals surface area contributed by atoms with Crippen molar-refractivity contribution in [2.24, 2.45) is 16.8 Å². The molecule has 2 N–H and O–H groups in total. The highest BCUT2D eigenvalue weighted by Crippen LogP contribution is 2.41. The molecule has 1 aromatic carbocycles. The van der Waals surface area contributed by atoms with Gasteiger partial charge in [0.25, 0.3) is 0 Å². The van der Waals surface area contributed by atoms with Crippen LogP contribution in [0.4, 0.5) is 4.39 Å². The van der Waals surface area contributed by atoms with Gasteiger partial charge in [0.05, 0.1) is 30.8 Å². The zero-order chi connectivity index (χ0) is 31.2. The van der Waals surface area contributed by atoms with Crippen LogP contribution in [0.25, 0.3) is 0 Å². The Morgan fingerprint density at radius 3 is 2.61 bits per heavy atom. The van der Waals surface area contributed by atoms with Crippen LogP contribution in [0.3, 0.4) is 0 Å². The van der Waals surface area contributed by atoms with Crippen molar-refractivity contribution in [1.29, 1.82) is 0 Å². The van der Waals surface area contributed by atoms with Gasteiger partial charge in [0.15, 0.2) is 10.8 Å². The molecule has 1 saturated heterocycles. The van der Waals surface area contributed by atoms with Gasteiger partial charge in [-0.05, 0) is 37.8 Å². The zero-order valence-electron chi connectivity index (χ0n) is 23.4. The number of carboxylic acid groups (broad SMARTS) is 1. The molecule has 3 aliphatic rings. The van der Waals surface area contributed by atoms with Gasteiger partial charge in [-0.25, -0.2) is 22.6 Å². The smallest absolute Gasteiger partial charge is 0.338 e. The number of benzene rings is 1. The van der Waals surface area contributed by atoms with Crippen LogP contribution in [0.5, 0.6) is 0 Å². The van der Waals surface area contributed by atoms with Gasteiger partial charge in [-0.2, -0.15) is 9.40 Å². The number of nitrogens with one attached hydrogen (secondary N) is 1. The summed E-state index contributed by atoms with van der Waals surface area (Å²) in [6.45, 7) is 0.349. The van der Waals surface area contributed by atoms with Crippen molar-refractivity contribution in [3.05, 3.63) is 74.9 Å². The first-order valence-corrected chi connectivity index (χ1v) is 16.6. The fraction of sp³-hybridized carbons (Fsp3) is 0.393. The minimum atomic E-state index is -3.87. The third-order valence-corrected chi connectivity index (χ3v) is 11.2. The summed E-state index contributed by atoms with van der Waals surface area (Å²) in [5.41, 5.74) is 1.16. The highest BCUT2D eigenvalue weighted by molar-refractivity contribution is 7.89. The van der Waals surface area contributed by atoms with E-state index in [2.05, 4.69) is 15.4 Å². The van der Waals surface area contributed by atoms with Crippen LogP contribution >= 0.6 is 22.9 Å². The second kappa shape index (κ2) is 12.0. The average molecular weight is 663 g/mol. The lowest BCUT2D eigenvalue weighted by Crippen LogP contribution is -2.43. The van der Waals surface area contributed by atoms with Gasteiger partial charge in [0.2, 0.25) is 10.0 Å². The Morgan fingerprint density at radius 1 is 1.23 bits per heavy atom. The molecular weight excluding hydrogens is 635 g/mol. The molecule has 0 radical (unpaired) electrons. The van der Waals surface area contributed by atoms with Gasteiger partial charge in [-0.15, -0.1) is 11.3 Å². The number of amidine groups is 1. The Bertz CT molecular complexity index is 1760. The Hall–Kier alpha value is -3.66. The lowest BCUT2D eigenvalue weighted by atomic mass is 9.80. The molecule has 0 spiro atoms. The van der Waals surface area contributed by atoms with E-state index in [9.17, 15) is 22.4 Å². The number of nitrogens with zero attached hydrogens (tertiary/aromatic N) is 5. The van der Waals surface area contributed by atoms with E-state index in [1.54, 1.807) is 11.6 Å². The first kappa shape index (κ1) is 30.4. The minimum absolute atomic E-state index is 0.0455. The standard InChI is InChI=1S/C28H28ClFN6O6S2/c1-42-28(39)22-23(33-25(26-31-6-9-43-26)34-24(22)20-3-2-17(30)12-21(20)29)15-4-7-35(8-5-15)44(40,41)19-13-32-36(14-19)18-10-16(11-18)27(37)38/h2-3,6,9,12-16,18,24H,4-5,7-8,10-11H2,1H3,(H,33,34)(H,37,38)/t16?,18?,24-/m1/s1. The molecule has 2 fully saturated rings. The zero-order valence-corrected chi connectivity index (χ0v) is 25.8. The Morgan fingerprint density at radius 2 is 1.98 bits per heavy atom. The number of carbonyl (C=O) groups excluding carboxylic acids is 1. The number of rotatable bonds is 8. The van der Waals surface area contributed by atoms with Crippen LogP contribution in [0.15, 0.2) is 63.3 Å². The molecule has 44 heavy (non-hydrogen) atoms. The molecule has 3 aromatic rings. The quantitative estimate of drug-likeness (QED) is 0.343. The third kappa shape index (κ3) is 5.64. The fourth-order valence-electron chi connectivity index (χ4n) is 5.81. The first-order valence-electron chi connectivity index (χ1n) is 13.9. The molecule has 232 valence electrons. The number of carboxylic acids is 1. The molecular formula is C28H28ClFN6O6S2. The van der Waals surface area contributed by atoms with Crippen molar-refractivity contribution < 1.29 is 32.2 Å². The minimum Gasteiger partial charge on any atom is -0.481 e. The van der Waals surface area contributed by atoms with E-state index in [4.69, 9.17) is 26.4 Å².